The zero-order valence-corrected chi connectivity index (χ0v) is 13.2. The van der Waals surface area contributed by atoms with E-state index >= 15 is 0 Å². The zero-order chi connectivity index (χ0) is 10.2. The number of para-hydroxylation sites is 1. The quantitative estimate of drug-likeness (QED) is 0.455. The van der Waals surface area contributed by atoms with Crippen LogP contribution in [0.15, 0.2) is 28.7 Å². The molecule has 0 aliphatic rings. The predicted molar refractivity (Wildman–Crippen MR) is 60.1 cm³/mol. The first-order valence-corrected chi connectivity index (χ1v) is 5.20. The van der Waals surface area contributed by atoms with E-state index in [1.54, 1.807) is 0 Å². The molecule has 0 aromatic heterocycles. The third-order valence-electron chi connectivity index (χ3n) is 1.57. The third-order valence-corrected chi connectivity index (χ3v) is 2.23. The maximum Gasteiger partial charge on any atom is 2.00 e. The molecule has 0 heterocycles. The Morgan fingerprint density at radius 1 is 1.27 bits per heavy atom. The zero-order valence-electron chi connectivity index (χ0n) is 8.62. The summed E-state index contributed by atoms with van der Waals surface area (Å²) in [6.45, 7) is 5.18. The van der Waals surface area contributed by atoms with Crippen LogP contribution < -0.4 is 4.74 Å². The summed E-state index contributed by atoms with van der Waals surface area (Å²) >= 11 is 3.40. The Balaban J connectivity index is 0.00000196. The van der Waals surface area contributed by atoms with E-state index in [-0.39, 0.29) is 19.5 Å². The summed E-state index contributed by atoms with van der Waals surface area (Å²) in [5, 5.41) is 0. The third kappa shape index (κ3) is 6.29. The van der Waals surface area contributed by atoms with Gasteiger partial charge in [-0.15, -0.1) is 0 Å². The van der Waals surface area contributed by atoms with Gasteiger partial charge in [-0.2, -0.15) is 0 Å². The number of ether oxygens (including phenoxy) is 2. The average molecular weight is 323 g/mol. The summed E-state index contributed by atoms with van der Waals surface area (Å²) in [5.74, 6) is 0.846. The molecule has 0 N–H and O–H groups in total. The fraction of sp³-hybridized carbons (Fsp3) is 0.273. The standard InChI is InChI=1S/C11H13BrO2.Zn/c1-2-13-8-5-9-14-11-7-4-3-6-10(11)12;/h3-7H,1-2,8-9H2;/q-2;+2. The molecule has 2 nitrogen and oxygen atoms in total. The van der Waals surface area contributed by atoms with Crippen LogP contribution in [-0.4, -0.2) is 19.8 Å². The number of hydrogen-bond donors (Lipinski definition) is 0. The number of hydrogen-bond acceptors (Lipinski definition) is 2. The molecule has 0 bridgehead atoms. The molecule has 0 aliphatic heterocycles. The fourth-order valence-corrected chi connectivity index (χ4v) is 1.32. The van der Waals surface area contributed by atoms with Gasteiger partial charge in [-0.3, -0.25) is 6.42 Å². The van der Waals surface area contributed by atoms with Crippen molar-refractivity contribution >= 4 is 15.9 Å². The summed E-state index contributed by atoms with van der Waals surface area (Å²) in [5.41, 5.74) is 0. The first-order chi connectivity index (χ1) is 6.84. The van der Waals surface area contributed by atoms with Gasteiger partial charge in [0.25, 0.3) is 0 Å². The summed E-state index contributed by atoms with van der Waals surface area (Å²) in [7, 11) is 0. The second-order valence-corrected chi connectivity index (χ2v) is 3.46. The monoisotopic (exact) mass is 320 g/mol. The minimum atomic E-state index is 0. The summed E-state index contributed by atoms with van der Waals surface area (Å²) in [6, 6.07) is 7.75. The van der Waals surface area contributed by atoms with Crippen molar-refractivity contribution in [3.63, 3.8) is 0 Å². The van der Waals surface area contributed by atoms with Crippen molar-refractivity contribution in [1.82, 2.24) is 0 Å². The first-order valence-electron chi connectivity index (χ1n) is 4.40. The molecule has 0 unspecified atom stereocenters. The van der Waals surface area contributed by atoms with Crippen LogP contribution in [0.5, 0.6) is 5.75 Å². The Labute approximate surface area is 112 Å². The normalized spacial score (nSPS) is 9.47. The SMILES string of the molecule is [CH2-]COC[CH-]COc1ccccc1Br.[Zn+2]. The van der Waals surface area contributed by atoms with Crippen molar-refractivity contribution in [1.29, 1.82) is 0 Å². The maximum atomic E-state index is 5.48. The van der Waals surface area contributed by atoms with Crippen LogP contribution >= 0.6 is 15.9 Å². The molecule has 0 fully saturated rings. The Morgan fingerprint density at radius 3 is 2.67 bits per heavy atom. The van der Waals surface area contributed by atoms with Crippen LogP contribution in [0.3, 0.4) is 0 Å². The molecule has 15 heavy (non-hydrogen) atoms. The van der Waals surface area contributed by atoms with Crippen molar-refractivity contribution in [2.24, 2.45) is 0 Å². The first kappa shape index (κ1) is 15.1. The van der Waals surface area contributed by atoms with Crippen molar-refractivity contribution in [2.75, 3.05) is 19.8 Å². The summed E-state index contributed by atoms with van der Waals surface area (Å²) < 4.78 is 11.5. The Bertz CT molecular complexity index is 269. The van der Waals surface area contributed by atoms with E-state index in [1.165, 1.54) is 0 Å². The molecular weight excluding hydrogens is 309 g/mol. The summed E-state index contributed by atoms with van der Waals surface area (Å²) in [6.07, 6.45) is 1.92. The Morgan fingerprint density at radius 2 is 2.00 bits per heavy atom. The van der Waals surface area contributed by atoms with Gasteiger partial charge in [0.1, 0.15) is 5.75 Å². The van der Waals surface area contributed by atoms with Gasteiger partial charge in [0.15, 0.2) is 0 Å². The van der Waals surface area contributed by atoms with Gasteiger partial charge in [0.05, 0.1) is 4.47 Å². The maximum absolute atomic E-state index is 5.48. The van der Waals surface area contributed by atoms with E-state index in [2.05, 4.69) is 22.9 Å². The van der Waals surface area contributed by atoms with E-state index < -0.39 is 0 Å². The second-order valence-electron chi connectivity index (χ2n) is 2.61. The van der Waals surface area contributed by atoms with Crippen LogP contribution in [0.4, 0.5) is 0 Å². The van der Waals surface area contributed by atoms with E-state index in [9.17, 15) is 0 Å². The van der Waals surface area contributed by atoms with Crippen molar-refractivity contribution < 1.29 is 29.0 Å². The van der Waals surface area contributed by atoms with Crippen LogP contribution in [0, 0.1) is 13.3 Å². The molecule has 0 spiro atoms. The molecule has 1 rings (SSSR count). The van der Waals surface area contributed by atoms with Gasteiger partial charge in [0.2, 0.25) is 0 Å². The molecule has 1 aromatic rings. The molecule has 78 valence electrons. The molecule has 1 aromatic carbocycles. The van der Waals surface area contributed by atoms with Crippen molar-refractivity contribution in [3.05, 3.63) is 42.1 Å². The van der Waals surface area contributed by atoms with Gasteiger partial charge in [-0.25, -0.2) is 0 Å². The molecule has 0 saturated carbocycles. The molecule has 0 aliphatic carbocycles. The Hall–Kier alpha value is 0.0834. The topological polar surface area (TPSA) is 18.5 Å². The Kier molecular flexibility index (Phi) is 9.37. The van der Waals surface area contributed by atoms with Crippen LogP contribution in [0.1, 0.15) is 0 Å². The number of rotatable bonds is 6. The minimum Gasteiger partial charge on any atom is -0.524 e. The molecule has 0 saturated heterocycles. The van der Waals surface area contributed by atoms with E-state index in [1.807, 2.05) is 30.7 Å². The second kappa shape index (κ2) is 9.32. The predicted octanol–water partition coefficient (Wildman–Crippen LogP) is 2.88. The van der Waals surface area contributed by atoms with Crippen LogP contribution in [-0.2, 0) is 24.2 Å². The van der Waals surface area contributed by atoms with Gasteiger partial charge in [0, 0.05) is 0 Å². The summed E-state index contributed by atoms with van der Waals surface area (Å²) in [4.78, 5) is 0. The van der Waals surface area contributed by atoms with Gasteiger partial charge < -0.3 is 16.4 Å². The van der Waals surface area contributed by atoms with Gasteiger partial charge in [-0.1, -0.05) is 25.3 Å². The van der Waals surface area contributed by atoms with E-state index in [0.717, 1.165) is 10.2 Å². The van der Waals surface area contributed by atoms with Gasteiger partial charge in [-0.05, 0) is 34.7 Å². The van der Waals surface area contributed by atoms with Gasteiger partial charge >= 0.3 is 19.5 Å². The van der Waals surface area contributed by atoms with E-state index in [0.29, 0.717) is 19.8 Å². The molecular formula is C11H13BrO2Zn. The smallest absolute Gasteiger partial charge is 0.524 e. The molecule has 0 amide bonds. The van der Waals surface area contributed by atoms with E-state index in [4.69, 9.17) is 9.47 Å². The number of benzene rings is 1. The van der Waals surface area contributed by atoms with Crippen LogP contribution in [0.2, 0.25) is 0 Å². The molecule has 0 radical (unpaired) electrons. The minimum absolute atomic E-state index is 0. The van der Waals surface area contributed by atoms with Crippen molar-refractivity contribution in [3.8, 4) is 5.75 Å². The molecule has 0 atom stereocenters. The fourth-order valence-electron chi connectivity index (χ4n) is 0.925. The molecule has 4 heteroatoms. The largest absolute Gasteiger partial charge is 2.00 e. The van der Waals surface area contributed by atoms with Crippen molar-refractivity contribution in [2.45, 2.75) is 0 Å². The number of halogens is 1. The average Bonchev–Trinajstić information content (AvgIpc) is 2.20. The van der Waals surface area contributed by atoms with Crippen LogP contribution in [0.25, 0.3) is 0 Å².